The minimum atomic E-state index is -0.162. The first-order chi connectivity index (χ1) is 9.17. The van der Waals surface area contributed by atoms with Gasteiger partial charge in [-0.05, 0) is 57.0 Å². The Bertz CT molecular complexity index is 524. The van der Waals surface area contributed by atoms with Crippen molar-refractivity contribution in [2.45, 2.75) is 19.8 Å². The molecule has 2 rings (SSSR count). The second-order valence-electron chi connectivity index (χ2n) is 4.82. The monoisotopic (exact) mass is 278 g/mol. The third kappa shape index (κ3) is 4.40. The number of nitrogens with one attached hydrogen (secondary N) is 1. The summed E-state index contributed by atoms with van der Waals surface area (Å²) in [6.07, 6.45) is 1.80. The predicted molar refractivity (Wildman–Crippen MR) is 78.1 cm³/mol. The quantitative estimate of drug-likeness (QED) is 0.877. The molecular formula is C15H19FN2S. The van der Waals surface area contributed by atoms with Crippen molar-refractivity contribution >= 4 is 11.3 Å². The zero-order chi connectivity index (χ0) is 13.7. The van der Waals surface area contributed by atoms with Gasteiger partial charge in [0.05, 0.1) is 10.7 Å². The number of nitrogens with zero attached hydrogens (tertiary/aromatic N) is 1. The van der Waals surface area contributed by atoms with Crippen molar-refractivity contribution < 1.29 is 4.39 Å². The van der Waals surface area contributed by atoms with Crippen LogP contribution in [0.2, 0.25) is 0 Å². The van der Waals surface area contributed by atoms with Gasteiger partial charge in [0.1, 0.15) is 5.82 Å². The smallest absolute Gasteiger partial charge is 0.123 e. The largest absolute Gasteiger partial charge is 0.319 e. The number of benzene rings is 1. The first-order valence-electron chi connectivity index (χ1n) is 6.47. The summed E-state index contributed by atoms with van der Waals surface area (Å²) in [5.41, 5.74) is 2.19. The van der Waals surface area contributed by atoms with Crippen molar-refractivity contribution in [2.24, 2.45) is 5.92 Å². The summed E-state index contributed by atoms with van der Waals surface area (Å²) in [7, 11) is 1.95. The van der Waals surface area contributed by atoms with Crippen LogP contribution in [0.5, 0.6) is 0 Å². The molecular weight excluding hydrogens is 259 g/mol. The second kappa shape index (κ2) is 6.78. The van der Waals surface area contributed by atoms with Crippen molar-refractivity contribution in [2.75, 3.05) is 13.6 Å². The third-order valence-electron chi connectivity index (χ3n) is 3.07. The van der Waals surface area contributed by atoms with Gasteiger partial charge in [-0.2, -0.15) is 0 Å². The van der Waals surface area contributed by atoms with Gasteiger partial charge in [-0.25, -0.2) is 9.37 Å². The molecule has 19 heavy (non-hydrogen) atoms. The van der Waals surface area contributed by atoms with Gasteiger partial charge in [-0.15, -0.1) is 11.3 Å². The van der Waals surface area contributed by atoms with Crippen LogP contribution in [0.15, 0.2) is 29.6 Å². The first-order valence-corrected chi connectivity index (χ1v) is 7.35. The zero-order valence-corrected chi connectivity index (χ0v) is 12.1. The molecule has 0 bridgehead atoms. The fraction of sp³-hybridized carbons (Fsp3) is 0.400. The fourth-order valence-corrected chi connectivity index (χ4v) is 2.93. The SMILES string of the molecule is CNCC(Cc1cccc(F)c1)Cc1csc(C)n1. The molecule has 1 aromatic heterocycles. The Kier molecular flexibility index (Phi) is 5.05. The van der Waals surface area contributed by atoms with E-state index in [1.165, 1.54) is 6.07 Å². The Morgan fingerprint density at radius 3 is 2.84 bits per heavy atom. The zero-order valence-electron chi connectivity index (χ0n) is 11.3. The minimum absolute atomic E-state index is 0.162. The van der Waals surface area contributed by atoms with Crippen LogP contribution in [0.4, 0.5) is 4.39 Å². The van der Waals surface area contributed by atoms with Crippen molar-refractivity contribution in [3.63, 3.8) is 0 Å². The van der Waals surface area contributed by atoms with Crippen molar-refractivity contribution in [1.29, 1.82) is 0 Å². The highest BCUT2D eigenvalue weighted by atomic mass is 32.1. The standard InChI is InChI=1S/C15H19FN2S/c1-11-18-15(10-19-11)8-13(9-17-2)6-12-4-3-5-14(16)7-12/h3-5,7,10,13,17H,6,8-9H2,1-2H3. The average molecular weight is 278 g/mol. The summed E-state index contributed by atoms with van der Waals surface area (Å²) < 4.78 is 13.2. The van der Waals surface area contributed by atoms with Crippen LogP contribution in [0, 0.1) is 18.7 Å². The number of thiazole rings is 1. The van der Waals surface area contributed by atoms with E-state index in [1.54, 1.807) is 23.5 Å². The molecule has 0 saturated carbocycles. The fourth-order valence-electron chi connectivity index (χ4n) is 2.30. The molecule has 0 aliphatic carbocycles. The van der Waals surface area contributed by atoms with E-state index in [1.807, 2.05) is 20.0 Å². The van der Waals surface area contributed by atoms with E-state index in [9.17, 15) is 4.39 Å². The Morgan fingerprint density at radius 2 is 2.21 bits per heavy atom. The first kappa shape index (κ1) is 14.2. The summed E-state index contributed by atoms with van der Waals surface area (Å²) in [6.45, 7) is 2.93. The summed E-state index contributed by atoms with van der Waals surface area (Å²) in [4.78, 5) is 4.51. The molecule has 1 unspecified atom stereocenters. The number of hydrogen-bond acceptors (Lipinski definition) is 3. The topological polar surface area (TPSA) is 24.9 Å². The van der Waals surface area contributed by atoms with E-state index >= 15 is 0 Å². The molecule has 0 spiro atoms. The van der Waals surface area contributed by atoms with E-state index in [2.05, 4.69) is 15.7 Å². The Balaban J connectivity index is 2.03. The van der Waals surface area contributed by atoms with Gasteiger partial charge in [0.15, 0.2) is 0 Å². The Hall–Kier alpha value is -1.26. The van der Waals surface area contributed by atoms with Gasteiger partial charge in [0.25, 0.3) is 0 Å². The van der Waals surface area contributed by atoms with Crippen LogP contribution in [-0.4, -0.2) is 18.6 Å². The predicted octanol–water partition coefficient (Wildman–Crippen LogP) is 3.21. The minimum Gasteiger partial charge on any atom is -0.319 e. The molecule has 0 aliphatic heterocycles. The Labute approximate surface area is 117 Å². The maximum absolute atomic E-state index is 13.2. The molecule has 2 nitrogen and oxygen atoms in total. The van der Waals surface area contributed by atoms with Crippen molar-refractivity contribution in [1.82, 2.24) is 10.3 Å². The summed E-state index contributed by atoms with van der Waals surface area (Å²) in [5, 5.41) is 6.43. The summed E-state index contributed by atoms with van der Waals surface area (Å²) in [6, 6.07) is 6.86. The van der Waals surface area contributed by atoms with Gasteiger partial charge >= 0.3 is 0 Å². The Morgan fingerprint density at radius 1 is 1.37 bits per heavy atom. The van der Waals surface area contributed by atoms with Crippen LogP contribution in [0.1, 0.15) is 16.3 Å². The maximum atomic E-state index is 13.2. The lowest BCUT2D eigenvalue weighted by molar-refractivity contribution is 0.487. The van der Waals surface area contributed by atoms with Crippen LogP contribution in [-0.2, 0) is 12.8 Å². The molecule has 1 aromatic carbocycles. The van der Waals surface area contributed by atoms with Gasteiger partial charge in [0, 0.05) is 5.38 Å². The van der Waals surface area contributed by atoms with Crippen LogP contribution in [0.25, 0.3) is 0 Å². The number of aromatic nitrogens is 1. The molecule has 0 saturated heterocycles. The molecule has 1 N–H and O–H groups in total. The number of rotatable bonds is 6. The van der Waals surface area contributed by atoms with E-state index in [0.717, 1.165) is 35.7 Å². The summed E-state index contributed by atoms with van der Waals surface area (Å²) in [5.74, 6) is 0.276. The molecule has 0 radical (unpaired) electrons. The van der Waals surface area contributed by atoms with E-state index in [4.69, 9.17) is 0 Å². The molecule has 0 fully saturated rings. The number of aryl methyl sites for hydroxylation is 1. The van der Waals surface area contributed by atoms with Crippen LogP contribution >= 0.6 is 11.3 Å². The average Bonchev–Trinajstić information content (AvgIpc) is 2.75. The number of halogens is 1. The lowest BCUT2D eigenvalue weighted by Crippen LogP contribution is -2.23. The van der Waals surface area contributed by atoms with E-state index in [0.29, 0.717) is 5.92 Å². The second-order valence-corrected chi connectivity index (χ2v) is 5.88. The van der Waals surface area contributed by atoms with Gasteiger partial charge in [-0.3, -0.25) is 0 Å². The maximum Gasteiger partial charge on any atom is 0.123 e. The number of hydrogen-bond donors (Lipinski definition) is 1. The molecule has 1 heterocycles. The van der Waals surface area contributed by atoms with Crippen molar-refractivity contribution in [3.05, 3.63) is 51.7 Å². The third-order valence-corrected chi connectivity index (χ3v) is 3.89. The molecule has 4 heteroatoms. The van der Waals surface area contributed by atoms with E-state index in [-0.39, 0.29) is 5.82 Å². The molecule has 0 amide bonds. The lowest BCUT2D eigenvalue weighted by atomic mass is 9.95. The van der Waals surface area contributed by atoms with Crippen LogP contribution in [0.3, 0.4) is 0 Å². The van der Waals surface area contributed by atoms with E-state index < -0.39 is 0 Å². The van der Waals surface area contributed by atoms with Crippen LogP contribution < -0.4 is 5.32 Å². The highest BCUT2D eigenvalue weighted by Crippen LogP contribution is 2.17. The van der Waals surface area contributed by atoms with Gasteiger partial charge in [-0.1, -0.05) is 12.1 Å². The molecule has 102 valence electrons. The molecule has 2 aromatic rings. The molecule has 1 atom stereocenters. The normalized spacial score (nSPS) is 12.6. The highest BCUT2D eigenvalue weighted by Gasteiger charge is 2.12. The van der Waals surface area contributed by atoms with Crippen molar-refractivity contribution in [3.8, 4) is 0 Å². The highest BCUT2D eigenvalue weighted by molar-refractivity contribution is 7.09. The molecule has 0 aliphatic rings. The van der Waals surface area contributed by atoms with Gasteiger partial charge in [0.2, 0.25) is 0 Å². The lowest BCUT2D eigenvalue weighted by Gasteiger charge is -2.15. The van der Waals surface area contributed by atoms with Gasteiger partial charge < -0.3 is 5.32 Å². The summed E-state index contributed by atoms with van der Waals surface area (Å²) >= 11 is 1.68.